The van der Waals surface area contributed by atoms with Crippen molar-refractivity contribution in [1.29, 1.82) is 0 Å². The van der Waals surface area contributed by atoms with Gasteiger partial charge in [0, 0.05) is 26.2 Å². The molecule has 8 nitrogen and oxygen atoms in total. The van der Waals surface area contributed by atoms with Gasteiger partial charge in [-0.3, -0.25) is 4.79 Å². The zero-order valence-electron chi connectivity index (χ0n) is 13.3. The molecule has 1 aromatic rings. The molecule has 118 valence electrons. The van der Waals surface area contributed by atoms with E-state index in [0.717, 1.165) is 13.1 Å². The highest BCUT2D eigenvalue weighted by Crippen LogP contribution is 2.14. The molecule has 0 atom stereocenters. The van der Waals surface area contributed by atoms with Crippen molar-refractivity contribution in [2.24, 2.45) is 0 Å². The molecule has 0 fully saturated rings. The molecule has 21 heavy (non-hydrogen) atoms. The predicted octanol–water partition coefficient (Wildman–Crippen LogP) is 0.262. The Balaban J connectivity index is 3.01. The first-order valence-electron chi connectivity index (χ1n) is 7.33. The standard InChI is InChI=1S/C13H25N7O/c1-5-15-10(21)9-20(8-4)13-17-11(14)16-12(18-13)19(6-2)7-3/h5-9H2,1-4H3,(H,15,21)(H2,14,16,17,18). The van der Waals surface area contributed by atoms with Gasteiger partial charge in [0.15, 0.2) is 0 Å². The average molecular weight is 295 g/mol. The van der Waals surface area contributed by atoms with E-state index in [0.29, 0.717) is 25.0 Å². The molecule has 0 unspecified atom stereocenters. The molecule has 1 aromatic heterocycles. The van der Waals surface area contributed by atoms with E-state index in [2.05, 4.69) is 20.3 Å². The van der Waals surface area contributed by atoms with Gasteiger partial charge in [-0.1, -0.05) is 0 Å². The molecule has 0 spiro atoms. The van der Waals surface area contributed by atoms with Crippen LogP contribution in [0.4, 0.5) is 17.8 Å². The first-order chi connectivity index (χ1) is 10.0. The number of likely N-dealkylation sites (N-methyl/N-ethyl adjacent to an activating group) is 2. The minimum absolute atomic E-state index is 0.0669. The molecule has 1 heterocycles. The summed E-state index contributed by atoms with van der Waals surface area (Å²) in [5.41, 5.74) is 5.77. The van der Waals surface area contributed by atoms with Crippen molar-refractivity contribution in [3.8, 4) is 0 Å². The maximum Gasteiger partial charge on any atom is 0.239 e. The quantitative estimate of drug-likeness (QED) is 0.709. The van der Waals surface area contributed by atoms with Crippen LogP contribution in [-0.2, 0) is 4.79 Å². The van der Waals surface area contributed by atoms with Gasteiger partial charge < -0.3 is 20.9 Å². The van der Waals surface area contributed by atoms with E-state index in [4.69, 9.17) is 5.73 Å². The van der Waals surface area contributed by atoms with Crippen molar-refractivity contribution < 1.29 is 4.79 Å². The number of hydrogen-bond acceptors (Lipinski definition) is 7. The Morgan fingerprint density at radius 3 is 2.00 bits per heavy atom. The molecular weight excluding hydrogens is 270 g/mol. The summed E-state index contributed by atoms with van der Waals surface area (Å²) < 4.78 is 0. The summed E-state index contributed by atoms with van der Waals surface area (Å²) in [6, 6.07) is 0. The molecule has 0 saturated carbocycles. The molecule has 8 heteroatoms. The lowest BCUT2D eigenvalue weighted by Crippen LogP contribution is -2.38. The number of nitrogens with zero attached hydrogens (tertiary/aromatic N) is 5. The van der Waals surface area contributed by atoms with E-state index in [1.54, 1.807) is 4.90 Å². The van der Waals surface area contributed by atoms with Crippen molar-refractivity contribution in [2.45, 2.75) is 27.7 Å². The highest BCUT2D eigenvalue weighted by atomic mass is 16.2. The zero-order valence-corrected chi connectivity index (χ0v) is 13.3. The Labute approximate surface area is 125 Å². The fourth-order valence-electron chi connectivity index (χ4n) is 1.91. The van der Waals surface area contributed by atoms with Gasteiger partial charge in [0.1, 0.15) is 0 Å². The third-order valence-corrected chi connectivity index (χ3v) is 3.05. The highest BCUT2D eigenvalue weighted by molar-refractivity contribution is 5.80. The summed E-state index contributed by atoms with van der Waals surface area (Å²) in [6.45, 7) is 10.8. The smallest absolute Gasteiger partial charge is 0.239 e. The number of rotatable bonds is 8. The highest BCUT2D eigenvalue weighted by Gasteiger charge is 2.16. The monoisotopic (exact) mass is 295 g/mol. The molecule has 0 saturated heterocycles. The third kappa shape index (κ3) is 4.73. The lowest BCUT2D eigenvalue weighted by molar-refractivity contribution is -0.119. The second-order valence-electron chi connectivity index (χ2n) is 4.43. The summed E-state index contributed by atoms with van der Waals surface area (Å²) in [6.07, 6.45) is 0. The first-order valence-corrected chi connectivity index (χ1v) is 7.33. The van der Waals surface area contributed by atoms with Gasteiger partial charge >= 0.3 is 0 Å². The molecule has 0 aliphatic rings. The summed E-state index contributed by atoms with van der Waals surface area (Å²) in [5, 5.41) is 2.76. The second kappa shape index (κ2) is 8.23. The van der Waals surface area contributed by atoms with Gasteiger partial charge in [-0.05, 0) is 27.7 Å². The molecular formula is C13H25N7O. The van der Waals surface area contributed by atoms with Crippen LogP contribution in [-0.4, -0.2) is 53.6 Å². The molecule has 3 N–H and O–H groups in total. The van der Waals surface area contributed by atoms with Crippen LogP contribution >= 0.6 is 0 Å². The Hall–Kier alpha value is -2.12. The van der Waals surface area contributed by atoms with Crippen molar-refractivity contribution in [1.82, 2.24) is 20.3 Å². The summed E-state index contributed by atoms with van der Waals surface area (Å²) in [5.74, 6) is 1.06. The Kier molecular flexibility index (Phi) is 6.64. The Bertz CT molecular complexity index is 462. The van der Waals surface area contributed by atoms with Crippen molar-refractivity contribution in [3.05, 3.63) is 0 Å². The van der Waals surface area contributed by atoms with Crippen LogP contribution < -0.4 is 20.9 Å². The number of amides is 1. The van der Waals surface area contributed by atoms with E-state index in [1.165, 1.54) is 0 Å². The summed E-state index contributed by atoms with van der Waals surface area (Å²) in [7, 11) is 0. The lowest BCUT2D eigenvalue weighted by atomic mass is 10.4. The molecule has 0 aromatic carbocycles. The number of nitrogen functional groups attached to an aromatic ring is 1. The van der Waals surface area contributed by atoms with Crippen molar-refractivity contribution >= 4 is 23.8 Å². The molecule has 0 aliphatic carbocycles. The Morgan fingerprint density at radius 1 is 1.00 bits per heavy atom. The van der Waals surface area contributed by atoms with E-state index >= 15 is 0 Å². The van der Waals surface area contributed by atoms with Crippen molar-refractivity contribution in [2.75, 3.05) is 48.3 Å². The number of aromatic nitrogens is 3. The minimum Gasteiger partial charge on any atom is -0.368 e. The van der Waals surface area contributed by atoms with Gasteiger partial charge in [0.05, 0.1) is 6.54 Å². The number of hydrogen-bond donors (Lipinski definition) is 2. The SMILES string of the molecule is CCNC(=O)CN(CC)c1nc(N)nc(N(CC)CC)n1. The van der Waals surface area contributed by atoms with E-state index in [-0.39, 0.29) is 18.4 Å². The van der Waals surface area contributed by atoms with Crippen LogP contribution in [0, 0.1) is 0 Å². The van der Waals surface area contributed by atoms with Gasteiger partial charge in [-0.2, -0.15) is 15.0 Å². The Morgan fingerprint density at radius 2 is 1.52 bits per heavy atom. The first kappa shape index (κ1) is 16.9. The van der Waals surface area contributed by atoms with E-state index in [1.807, 2.05) is 32.6 Å². The van der Waals surface area contributed by atoms with Crippen LogP contribution in [0.25, 0.3) is 0 Å². The van der Waals surface area contributed by atoms with E-state index in [9.17, 15) is 4.79 Å². The van der Waals surface area contributed by atoms with Gasteiger partial charge in [-0.25, -0.2) is 0 Å². The maximum absolute atomic E-state index is 11.7. The van der Waals surface area contributed by atoms with Gasteiger partial charge in [0.25, 0.3) is 0 Å². The molecule has 0 radical (unpaired) electrons. The largest absolute Gasteiger partial charge is 0.368 e. The van der Waals surface area contributed by atoms with Crippen LogP contribution in [0.3, 0.4) is 0 Å². The maximum atomic E-state index is 11.7. The summed E-state index contributed by atoms with van der Waals surface area (Å²) >= 11 is 0. The third-order valence-electron chi connectivity index (χ3n) is 3.05. The predicted molar refractivity (Wildman–Crippen MR) is 84.4 cm³/mol. The molecule has 0 bridgehead atoms. The lowest BCUT2D eigenvalue weighted by Gasteiger charge is -2.23. The molecule has 1 amide bonds. The van der Waals surface area contributed by atoms with Gasteiger partial charge in [0.2, 0.25) is 23.8 Å². The van der Waals surface area contributed by atoms with Crippen LogP contribution in [0.5, 0.6) is 0 Å². The number of anilines is 3. The summed E-state index contributed by atoms with van der Waals surface area (Å²) in [4.78, 5) is 28.2. The minimum atomic E-state index is -0.0669. The van der Waals surface area contributed by atoms with E-state index < -0.39 is 0 Å². The molecule has 1 rings (SSSR count). The zero-order chi connectivity index (χ0) is 15.8. The fourth-order valence-corrected chi connectivity index (χ4v) is 1.91. The second-order valence-corrected chi connectivity index (χ2v) is 4.43. The van der Waals surface area contributed by atoms with Crippen LogP contribution in [0.15, 0.2) is 0 Å². The topological polar surface area (TPSA) is 100 Å². The number of carbonyl (C=O) groups is 1. The number of nitrogens with two attached hydrogens (primary N) is 1. The van der Waals surface area contributed by atoms with Gasteiger partial charge in [-0.15, -0.1) is 0 Å². The van der Waals surface area contributed by atoms with Crippen molar-refractivity contribution in [3.63, 3.8) is 0 Å². The number of carbonyl (C=O) groups excluding carboxylic acids is 1. The van der Waals surface area contributed by atoms with Crippen LogP contribution in [0.2, 0.25) is 0 Å². The number of nitrogens with one attached hydrogen (secondary N) is 1. The fraction of sp³-hybridized carbons (Fsp3) is 0.692. The average Bonchev–Trinajstić information content (AvgIpc) is 2.45. The molecule has 0 aliphatic heterocycles. The van der Waals surface area contributed by atoms with Crippen LogP contribution in [0.1, 0.15) is 27.7 Å². The normalized spacial score (nSPS) is 10.3.